The molecule has 2 unspecified atom stereocenters. The summed E-state index contributed by atoms with van der Waals surface area (Å²) >= 11 is 0. The SMILES string of the molecule is CCOC(=O)C(O)CCCCCC(=O)O.COC(=O)CC(O)CCCCCCC(=O)O. The summed E-state index contributed by atoms with van der Waals surface area (Å²) in [6.07, 6.45) is 4.64. The smallest absolute Gasteiger partial charge is 0.334 e. The topological polar surface area (TPSA) is 168 Å². The number of carboxylic acids is 2. The number of unbranched alkanes of at least 4 members (excludes halogenated alkanes) is 5. The minimum Gasteiger partial charge on any atom is -0.481 e. The van der Waals surface area contributed by atoms with E-state index in [1.54, 1.807) is 6.92 Å². The van der Waals surface area contributed by atoms with Crippen molar-refractivity contribution in [2.75, 3.05) is 13.7 Å². The van der Waals surface area contributed by atoms with E-state index in [2.05, 4.69) is 9.47 Å². The highest BCUT2D eigenvalue weighted by Gasteiger charge is 2.15. The van der Waals surface area contributed by atoms with E-state index in [-0.39, 0.29) is 25.9 Å². The molecule has 0 fully saturated rings. The van der Waals surface area contributed by atoms with Crippen molar-refractivity contribution in [3.05, 3.63) is 0 Å². The lowest BCUT2D eigenvalue weighted by Crippen LogP contribution is -2.22. The largest absolute Gasteiger partial charge is 0.481 e. The summed E-state index contributed by atoms with van der Waals surface area (Å²) in [5.74, 6) is -2.60. The second kappa shape index (κ2) is 21.0. The maximum atomic E-state index is 10.9. The number of rotatable bonds is 17. The predicted molar refractivity (Wildman–Crippen MR) is 111 cm³/mol. The monoisotopic (exact) mass is 450 g/mol. The van der Waals surface area contributed by atoms with Gasteiger partial charge in [0.15, 0.2) is 6.10 Å². The number of methoxy groups -OCH3 is 1. The van der Waals surface area contributed by atoms with Crippen LogP contribution in [0.2, 0.25) is 0 Å². The summed E-state index contributed by atoms with van der Waals surface area (Å²) in [5.41, 5.74) is 0. The molecule has 0 radical (unpaired) electrons. The summed E-state index contributed by atoms with van der Waals surface area (Å²) in [7, 11) is 1.29. The summed E-state index contributed by atoms with van der Waals surface area (Å²) in [6, 6.07) is 0. The van der Waals surface area contributed by atoms with Crippen LogP contribution in [0.1, 0.15) is 84.0 Å². The first-order valence-corrected chi connectivity index (χ1v) is 10.7. The van der Waals surface area contributed by atoms with Crippen LogP contribution < -0.4 is 0 Å². The molecular formula is C21H38O10. The Hall–Kier alpha value is -2.20. The second-order valence-corrected chi connectivity index (χ2v) is 7.04. The predicted octanol–water partition coefficient (Wildman–Crippen LogP) is 2.28. The second-order valence-electron chi connectivity index (χ2n) is 7.04. The Morgan fingerprint density at radius 1 is 0.774 bits per heavy atom. The van der Waals surface area contributed by atoms with E-state index < -0.39 is 36.1 Å². The lowest BCUT2D eigenvalue weighted by atomic mass is 10.1. The molecule has 0 aliphatic rings. The van der Waals surface area contributed by atoms with Crippen molar-refractivity contribution in [2.45, 2.75) is 96.2 Å². The summed E-state index contributed by atoms with van der Waals surface area (Å²) in [5, 5.41) is 35.4. The van der Waals surface area contributed by atoms with E-state index in [1.807, 2.05) is 0 Å². The Labute approximate surface area is 183 Å². The molecule has 10 nitrogen and oxygen atoms in total. The van der Waals surface area contributed by atoms with E-state index in [0.29, 0.717) is 38.5 Å². The zero-order valence-electron chi connectivity index (χ0n) is 18.6. The van der Waals surface area contributed by atoms with Crippen LogP contribution in [0.25, 0.3) is 0 Å². The van der Waals surface area contributed by atoms with Gasteiger partial charge in [-0.05, 0) is 32.6 Å². The van der Waals surface area contributed by atoms with Gasteiger partial charge in [0.2, 0.25) is 0 Å². The molecule has 31 heavy (non-hydrogen) atoms. The Kier molecular flexibility index (Phi) is 21.0. The fraction of sp³-hybridized carbons (Fsp3) is 0.810. The summed E-state index contributed by atoms with van der Waals surface area (Å²) in [4.78, 5) is 42.1. The molecule has 0 rings (SSSR count). The van der Waals surface area contributed by atoms with Crippen molar-refractivity contribution >= 4 is 23.9 Å². The highest BCUT2D eigenvalue weighted by molar-refractivity contribution is 5.74. The van der Waals surface area contributed by atoms with Crippen LogP contribution in [-0.2, 0) is 28.7 Å². The molecule has 0 aliphatic carbocycles. The third-order valence-corrected chi connectivity index (χ3v) is 4.23. The summed E-state index contributed by atoms with van der Waals surface area (Å²) in [6.45, 7) is 1.94. The van der Waals surface area contributed by atoms with Crippen molar-refractivity contribution < 1.29 is 49.1 Å². The molecule has 0 aromatic rings. The van der Waals surface area contributed by atoms with Gasteiger partial charge in [-0.3, -0.25) is 14.4 Å². The average molecular weight is 451 g/mol. The van der Waals surface area contributed by atoms with Gasteiger partial charge in [0.25, 0.3) is 0 Å². The highest BCUT2D eigenvalue weighted by atomic mass is 16.5. The molecule has 0 aromatic carbocycles. The Morgan fingerprint density at radius 3 is 1.74 bits per heavy atom. The number of ether oxygens (including phenoxy) is 2. The van der Waals surface area contributed by atoms with Gasteiger partial charge in [-0.1, -0.05) is 32.1 Å². The molecule has 10 heteroatoms. The summed E-state index contributed by atoms with van der Waals surface area (Å²) < 4.78 is 9.04. The van der Waals surface area contributed by atoms with Crippen LogP contribution in [0.4, 0.5) is 0 Å². The number of esters is 2. The van der Waals surface area contributed by atoms with E-state index in [4.69, 9.17) is 10.2 Å². The number of carbonyl (C=O) groups excluding carboxylic acids is 2. The highest BCUT2D eigenvalue weighted by Crippen LogP contribution is 2.10. The van der Waals surface area contributed by atoms with Crippen LogP contribution >= 0.6 is 0 Å². The minimum absolute atomic E-state index is 0.0334. The normalized spacial score (nSPS) is 12.1. The van der Waals surface area contributed by atoms with Gasteiger partial charge < -0.3 is 29.9 Å². The number of carboxylic acid groups (broad SMARTS) is 2. The van der Waals surface area contributed by atoms with Crippen LogP contribution in [-0.4, -0.2) is 70.2 Å². The Balaban J connectivity index is 0. The van der Waals surface area contributed by atoms with Gasteiger partial charge in [-0.15, -0.1) is 0 Å². The molecule has 0 spiro atoms. The van der Waals surface area contributed by atoms with E-state index in [0.717, 1.165) is 19.3 Å². The van der Waals surface area contributed by atoms with Gasteiger partial charge >= 0.3 is 23.9 Å². The lowest BCUT2D eigenvalue weighted by Gasteiger charge is -2.08. The van der Waals surface area contributed by atoms with Crippen molar-refractivity contribution in [1.29, 1.82) is 0 Å². The van der Waals surface area contributed by atoms with Crippen molar-refractivity contribution in [3.63, 3.8) is 0 Å². The number of aliphatic carboxylic acids is 2. The number of hydrogen-bond donors (Lipinski definition) is 4. The zero-order chi connectivity index (χ0) is 24.1. The van der Waals surface area contributed by atoms with E-state index >= 15 is 0 Å². The van der Waals surface area contributed by atoms with Crippen LogP contribution in [0.15, 0.2) is 0 Å². The number of aliphatic hydroxyl groups is 2. The van der Waals surface area contributed by atoms with Gasteiger partial charge in [0, 0.05) is 12.8 Å². The molecule has 0 heterocycles. The standard InChI is InChI=1S/C11H20O5.C10H18O5/c1-16-11(15)8-9(12)6-4-2-3-5-7-10(13)14;1-2-15-10(14)8(11)6-4-3-5-7-9(12)13/h9,12H,2-8H2,1H3,(H,13,14);8,11H,2-7H2,1H3,(H,12,13). The average Bonchev–Trinajstić information content (AvgIpc) is 2.70. The Bertz CT molecular complexity index is 506. The van der Waals surface area contributed by atoms with Crippen molar-refractivity contribution in [2.24, 2.45) is 0 Å². The zero-order valence-corrected chi connectivity index (χ0v) is 18.6. The van der Waals surface area contributed by atoms with Crippen LogP contribution in [0.5, 0.6) is 0 Å². The molecule has 2 atom stereocenters. The van der Waals surface area contributed by atoms with Gasteiger partial charge in [0.1, 0.15) is 0 Å². The lowest BCUT2D eigenvalue weighted by molar-refractivity contribution is -0.153. The molecule has 4 N–H and O–H groups in total. The fourth-order valence-corrected chi connectivity index (χ4v) is 2.53. The fourth-order valence-electron chi connectivity index (χ4n) is 2.53. The van der Waals surface area contributed by atoms with Crippen molar-refractivity contribution in [3.8, 4) is 0 Å². The molecule has 0 saturated carbocycles. The van der Waals surface area contributed by atoms with E-state index in [9.17, 15) is 29.4 Å². The molecule has 0 saturated heterocycles. The maximum Gasteiger partial charge on any atom is 0.334 e. The minimum atomic E-state index is -1.07. The van der Waals surface area contributed by atoms with E-state index in [1.165, 1.54) is 7.11 Å². The van der Waals surface area contributed by atoms with Gasteiger partial charge in [-0.25, -0.2) is 4.79 Å². The van der Waals surface area contributed by atoms with Crippen molar-refractivity contribution in [1.82, 2.24) is 0 Å². The molecule has 182 valence electrons. The number of hydrogen-bond acceptors (Lipinski definition) is 8. The Morgan fingerprint density at radius 2 is 1.26 bits per heavy atom. The first kappa shape index (κ1) is 31.0. The third-order valence-electron chi connectivity index (χ3n) is 4.23. The number of aliphatic hydroxyl groups excluding tert-OH is 2. The molecule has 0 aromatic heterocycles. The maximum absolute atomic E-state index is 10.9. The molecule has 0 aliphatic heterocycles. The third kappa shape index (κ3) is 23.9. The number of carbonyl (C=O) groups is 4. The molecule has 0 bridgehead atoms. The quantitative estimate of drug-likeness (QED) is 0.190. The van der Waals surface area contributed by atoms with Crippen LogP contribution in [0.3, 0.4) is 0 Å². The first-order valence-electron chi connectivity index (χ1n) is 10.7. The first-order chi connectivity index (χ1) is 14.6. The van der Waals surface area contributed by atoms with Gasteiger partial charge in [-0.2, -0.15) is 0 Å². The van der Waals surface area contributed by atoms with Gasteiger partial charge in [0.05, 0.1) is 26.2 Å². The molecular weight excluding hydrogens is 412 g/mol. The molecule has 0 amide bonds. The van der Waals surface area contributed by atoms with Crippen LogP contribution in [0, 0.1) is 0 Å².